The molecule has 1 saturated heterocycles. The van der Waals surface area contributed by atoms with Gasteiger partial charge in [0.05, 0.1) is 12.0 Å². The van der Waals surface area contributed by atoms with Gasteiger partial charge in [0.2, 0.25) is 5.91 Å². The molecule has 120 valence electrons. The van der Waals surface area contributed by atoms with Gasteiger partial charge < -0.3 is 14.8 Å². The number of hydrogen-bond donors (Lipinski definition) is 1. The van der Waals surface area contributed by atoms with E-state index >= 15 is 0 Å². The van der Waals surface area contributed by atoms with Gasteiger partial charge in [-0.3, -0.25) is 9.59 Å². The summed E-state index contributed by atoms with van der Waals surface area (Å²) in [6.45, 7) is 2.59. The standard InChI is InChI=1S/C18H21N3O2/c22-17(13-15-5-2-1-3-6-15)20-9-4-10-21(12-11-20)18(23)16-7-8-19-14-16/h1-3,5-8,14,19H,4,9-13H2. The van der Waals surface area contributed by atoms with Crippen LogP contribution in [0.3, 0.4) is 0 Å². The summed E-state index contributed by atoms with van der Waals surface area (Å²) in [7, 11) is 0. The maximum atomic E-state index is 12.4. The Labute approximate surface area is 135 Å². The molecule has 1 aromatic heterocycles. The maximum absolute atomic E-state index is 12.4. The number of carbonyl (C=O) groups excluding carboxylic acids is 2. The number of carbonyl (C=O) groups is 2. The van der Waals surface area contributed by atoms with Gasteiger partial charge in [-0.15, -0.1) is 0 Å². The Morgan fingerprint density at radius 2 is 1.70 bits per heavy atom. The van der Waals surface area contributed by atoms with Gasteiger partial charge in [0.15, 0.2) is 0 Å². The van der Waals surface area contributed by atoms with Crippen molar-refractivity contribution in [3.05, 3.63) is 59.9 Å². The summed E-state index contributed by atoms with van der Waals surface area (Å²) in [4.78, 5) is 31.4. The zero-order chi connectivity index (χ0) is 16.1. The largest absolute Gasteiger partial charge is 0.367 e. The SMILES string of the molecule is O=C(Cc1ccccc1)N1CCCN(C(=O)c2cc[nH]c2)CC1. The van der Waals surface area contributed by atoms with Crippen LogP contribution in [0.2, 0.25) is 0 Å². The molecule has 1 fully saturated rings. The topological polar surface area (TPSA) is 56.4 Å². The molecule has 2 aromatic rings. The van der Waals surface area contributed by atoms with Crippen LogP contribution in [0.25, 0.3) is 0 Å². The van der Waals surface area contributed by atoms with Crippen molar-refractivity contribution in [1.29, 1.82) is 0 Å². The molecule has 0 unspecified atom stereocenters. The first-order chi connectivity index (χ1) is 11.2. The molecule has 5 nitrogen and oxygen atoms in total. The summed E-state index contributed by atoms with van der Waals surface area (Å²) >= 11 is 0. The van der Waals surface area contributed by atoms with E-state index in [0.717, 1.165) is 12.0 Å². The molecule has 0 spiro atoms. The molecule has 1 aliphatic rings. The first-order valence-corrected chi connectivity index (χ1v) is 7.98. The Hall–Kier alpha value is -2.56. The van der Waals surface area contributed by atoms with Crippen LogP contribution in [0, 0.1) is 0 Å². The van der Waals surface area contributed by atoms with Gasteiger partial charge in [0, 0.05) is 38.6 Å². The van der Waals surface area contributed by atoms with Crippen LogP contribution < -0.4 is 0 Å². The lowest BCUT2D eigenvalue weighted by atomic mass is 10.1. The second kappa shape index (κ2) is 7.13. The van der Waals surface area contributed by atoms with E-state index in [1.165, 1.54) is 0 Å². The summed E-state index contributed by atoms with van der Waals surface area (Å²) in [6, 6.07) is 11.6. The van der Waals surface area contributed by atoms with Crippen molar-refractivity contribution in [2.45, 2.75) is 12.8 Å². The fraction of sp³-hybridized carbons (Fsp3) is 0.333. The minimum Gasteiger partial charge on any atom is -0.367 e. The molecule has 1 aromatic carbocycles. The molecule has 0 aliphatic carbocycles. The number of hydrogen-bond acceptors (Lipinski definition) is 2. The molecule has 0 saturated carbocycles. The highest BCUT2D eigenvalue weighted by Crippen LogP contribution is 2.10. The minimum absolute atomic E-state index is 0.0311. The second-order valence-corrected chi connectivity index (χ2v) is 5.79. The molecule has 0 radical (unpaired) electrons. The molecule has 2 heterocycles. The van der Waals surface area contributed by atoms with Crippen LogP contribution in [-0.2, 0) is 11.2 Å². The average molecular weight is 311 g/mol. The van der Waals surface area contributed by atoms with Crippen molar-refractivity contribution in [3.8, 4) is 0 Å². The molecule has 5 heteroatoms. The van der Waals surface area contributed by atoms with Gasteiger partial charge in [0.25, 0.3) is 5.91 Å². The van der Waals surface area contributed by atoms with Crippen LogP contribution in [0.15, 0.2) is 48.8 Å². The summed E-state index contributed by atoms with van der Waals surface area (Å²) in [6.07, 6.45) is 4.70. The van der Waals surface area contributed by atoms with Crippen molar-refractivity contribution in [2.24, 2.45) is 0 Å². The zero-order valence-corrected chi connectivity index (χ0v) is 13.1. The first kappa shape index (κ1) is 15.3. The molecule has 2 amide bonds. The summed E-state index contributed by atoms with van der Waals surface area (Å²) < 4.78 is 0. The fourth-order valence-corrected chi connectivity index (χ4v) is 2.89. The number of nitrogens with zero attached hydrogens (tertiary/aromatic N) is 2. The van der Waals surface area contributed by atoms with Gasteiger partial charge in [-0.1, -0.05) is 30.3 Å². The Morgan fingerprint density at radius 1 is 0.957 bits per heavy atom. The van der Waals surface area contributed by atoms with E-state index in [1.54, 1.807) is 18.5 Å². The molecule has 3 rings (SSSR count). The van der Waals surface area contributed by atoms with E-state index < -0.39 is 0 Å². The van der Waals surface area contributed by atoms with Crippen LogP contribution >= 0.6 is 0 Å². The molecule has 1 N–H and O–H groups in total. The molecule has 0 atom stereocenters. The number of nitrogens with one attached hydrogen (secondary N) is 1. The van der Waals surface area contributed by atoms with Gasteiger partial charge in [0.1, 0.15) is 0 Å². The minimum atomic E-state index is 0.0311. The average Bonchev–Trinajstić information content (AvgIpc) is 2.99. The number of H-pyrrole nitrogens is 1. The van der Waals surface area contributed by atoms with Gasteiger partial charge in [-0.05, 0) is 18.1 Å². The third-order valence-electron chi connectivity index (χ3n) is 4.18. The lowest BCUT2D eigenvalue weighted by Crippen LogP contribution is -2.37. The van der Waals surface area contributed by atoms with E-state index in [1.807, 2.05) is 40.1 Å². The number of aromatic amines is 1. The molecule has 1 aliphatic heterocycles. The van der Waals surface area contributed by atoms with E-state index in [-0.39, 0.29) is 11.8 Å². The monoisotopic (exact) mass is 311 g/mol. The van der Waals surface area contributed by atoms with Gasteiger partial charge >= 0.3 is 0 Å². The molecule has 0 bridgehead atoms. The lowest BCUT2D eigenvalue weighted by molar-refractivity contribution is -0.130. The second-order valence-electron chi connectivity index (χ2n) is 5.79. The van der Waals surface area contributed by atoms with Gasteiger partial charge in [-0.25, -0.2) is 0 Å². The van der Waals surface area contributed by atoms with Gasteiger partial charge in [-0.2, -0.15) is 0 Å². The quantitative estimate of drug-likeness (QED) is 0.941. The highest BCUT2D eigenvalue weighted by molar-refractivity contribution is 5.94. The molecular weight excluding hydrogens is 290 g/mol. The Bertz CT molecular complexity index is 652. The summed E-state index contributed by atoms with van der Waals surface area (Å²) in [5.41, 5.74) is 1.70. The maximum Gasteiger partial charge on any atom is 0.255 e. The number of benzene rings is 1. The normalized spacial score (nSPS) is 15.3. The van der Waals surface area contributed by atoms with Crippen LogP contribution in [-0.4, -0.2) is 52.8 Å². The van der Waals surface area contributed by atoms with Crippen molar-refractivity contribution < 1.29 is 9.59 Å². The van der Waals surface area contributed by atoms with Crippen LogP contribution in [0.5, 0.6) is 0 Å². The summed E-state index contributed by atoms with van der Waals surface area (Å²) in [5, 5.41) is 0. The van der Waals surface area contributed by atoms with E-state index in [9.17, 15) is 9.59 Å². The van der Waals surface area contributed by atoms with Crippen molar-refractivity contribution in [3.63, 3.8) is 0 Å². The Kier molecular flexibility index (Phi) is 4.76. The number of amides is 2. The molecular formula is C18H21N3O2. The lowest BCUT2D eigenvalue weighted by Gasteiger charge is -2.22. The number of aromatic nitrogens is 1. The smallest absolute Gasteiger partial charge is 0.255 e. The van der Waals surface area contributed by atoms with Crippen molar-refractivity contribution in [1.82, 2.24) is 14.8 Å². The van der Waals surface area contributed by atoms with Crippen LogP contribution in [0.4, 0.5) is 0 Å². The Balaban J connectivity index is 1.58. The Morgan fingerprint density at radius 3 is 2.43 bits per heavy atom. The first-order valence-electron chi connectivity index (χ1n) is 7.98. The highest BCUT2D eigenvalue weighted by atomic mass is 16.2. The fourth-order valence-electron chi connectivity index (χ4n) is 2.89. The molecule has 23 heavy (non-hydrogen) atoms. The predicted octanol–water partition coefficient (Wildman–Crippen LogP) is 1.93. The van der Waals surface area contributed by atoms with Crippen LogP contribution in [0.1, 0.15) is 22.3 Å². The van der Waals surface area contributed by atoms with E-state index in [0.29, 0.717) is 38.2 Å². The van der Waals surface area contributed by atoms with E-state index in [4.69, 9.17) is 0 Å². The third kappa shape index (κ3) is 3.80. The summed E-state index contributed by atoms with van der Waals surface area (Å²) in [5.74, 6) is 0.163. The van der Waals surface area contributed by atoms with Crippen molar-refractivity contribution >= 4 is 11.8 Å². The van der Waals surface area contributed by atoms with Crippen molar-refractivity contribution in [2.75, 3.05) is 26.2 Å². The number of rotatable bonds is 3. The third-order valence-corrected chi connectivity index (χ3v) is 4.18. The zero-order valence-electron chi connectivity index (χ0n) is 13.1. The highest BCUT2D eigenvalue weighted by Gasteiger charge is 2.22. The van der Waals surface area contributed by atoms with E-state index in [2.05, 4.69) is 4.98 Å². The predicted molar refractivity (Wildman–Crippen MR) is 88.0 cm³/mol.